The van der Waals surface area contributed by atoms with E-state index in [1.807, 2.05) is 79.7 Å². The van der Waals surface area contributed by atoms with Gasteiger partial charge in [-0.05, 0) is 43.0 Å². The number of sulfonamides is 1. The monoisotopic (exact) mass is 547 g/mol. The maximum absolute atomic E-state index is 14.1. The van der Waals surface area contributed by atoms with E-state index < -0.39 is 28.5 Å². The zero-order valence-corrected chi connectivity index (χ0v) is 23.4. The molecule has 1 N–H and O–H groups in total. The second-order valence-corrected chi connectivity index (χ2v) is 12.2. The average molecular weight is 548 g/mol. The molecule has 0 saturated heterocycles. The normalized spacial score (nSPS) is 14.5. The lowest BCUT2D eigenvalue weighted by molar-refractivity contribution is -0.140. The van der Waals surface area contributed by atoms with Crippen LogP contribution in [0.1, 0.15) is 42.4 Å². The first-order valence-electron chi connectivity index (χ1n) is 13.4. The molecule has 0 aromatic heterocycles. The second kappa shape index (κ2) is 12.9. The van der Waals surface area contributed by atoms with Gasteiger partial charge in [0, 0.05) is 19.0 Å². The van der Waals surface area contributed by atoms with E-state index in [1.54, 1.807) is 17.0 Å². The molecule has 0 aliphatic heterocycles. The highest BCUT2D eigenvalue weighted by Gasteiger charge is 2.34. The first kappa shape index (κ1) is 28.4. The Morgan fingerprint density at radius 1 is 0.872 bits per heavy atom. The summed E-state index contributed by atoms with van der Waals surface area (Å²) in [4.78, 5) is 29.4. The van der Waals surface area contributed by atoms with Crippen molar-refractivity contribution in [2.45, 2.75) is 57.7 Å². The maximum atomic E-state index is 14.1. The third kappa shape index (κ3) is 7.93. The number of aryl methyl sites for hydroxylation is 1. The second-order valence-electron chi connectivity index (χ2n) is 10.3. The standard InChI is InChI=1S/C31H37N3O4S/c1-24-17-19-28(20-18-24)34(39(2,37)38)23-30(35)33(22-26-13-7-4-8-14-26)29(21-25-11-5-3-6-12-25)31(36)32-27-15-9-10-16-27/h3-8,11-14,17-20,27,29H,9-10,15-16,21-23H2,1-2H3,(H,32,36). The van der Waals surface area contributed by atoms with Crippen molar-refractivity contribution < 1.29 is 18.0 Å². The molecule has 3 aromatic carbocycles. The number of rotatable bonds is 11. The summed E-state index contributed by atoms with van der Waals surface area (Å²) < 4.78 is 26.8. The highest BCUT2D eigenvalue weighted by Crippen LogP contribution is 2.22. The maximum Gasteiger partial charge on any atom is 0.244 e. The predicted molar refractivity (Wildman–Crippen MR) is 155 cm³/mol. The Morgan fingerprint density at radius 3 is 2.00 bits per heavy atom. The van der Waals surface area contributed by atoms with Crippen LogP contribution in [0.25, 0.3) is 0 Å². The quantitative estimate of drug-likeness (QED) is 0.384. The van der Waals surface area contributed by atoms with Crippen molar-refractivity contribution in [2.24, 2.45) is 0 Å². The van der Waals surface area contributed by atoms with Crippen molar-refractivity contribution in [3.63, 3.8) is 0 Å². The van der Waals surface area contributed by atoms with E-state index in [2.05, 4.69) is 5.32 Å². The topological polar surface area (TPSA) is 86.8 Å². The lowest BCUT2D eigenvalue weighted by Gasteiger charge is -2.34. The van der Waals surface area contributed by atoms with Crippen LogP contribution in [-0.4, -0.2) is 50.0 Å². The molecule has 0 heterocycles. The van der Waals surface area contributed by atoms with Crippen LogP contribution in [0.2, 0.25) is 0 Å². The molecular formula is C31H37N3O4S. The van der Waals surface area contributed by atoms with Gasteiger partial charge in [-0.2, -0.15) is 0 Å². The first-order chi connectivity index (χ1) is 18.7. The molecule has 8 heteroatoms. The number of carbonyl (C=O) groups excluding carboxylic acids is 2. The van der Waals surface area contributed by atoms with Gasteiger partial charge in [-0.15, -0.1) is 0 Å². The summed E-state index contributed by atoms with van der Waals surface area (Å²) in [6.07, 6.45) is 5.40. The van der Waals surface area contributed by atoms with E-state index in [0.717, 1.165) is 52.9 Å². The fourth-order valence-corrected chi connectivity index (χ4v) is 5.88. The van der Waals surface area contributed by atoms with Gasteiger partial charge in [0.15, 0.2) is 0 Å². The van der Waals surface area contributed by atoms with E-state index in [9.17, 15) is 18.0 Å². The molecule has 0 spiro atoms. The Hall–Kier alpha value is -3.65. The summed E-state index contributed by atoms with van der Waals surface area (Å²) in [6, 6.07) is 25.4. The molecule has 7 nitrogen and oxygen atoms in total. The molecule has 1 unspecified atom stereocenters. The molecule has 39 heavy (non-hydrogen) atoms. The zero-order valence-electron chi connectivity index (χ0n) is 22.6. The zero-order chi connectivity index (χ0) is 27.8. The van der Waals surface area contributed by atoms with E-state index >= 15 is 0 Å². The number of anilines is 1. The summed E-state index contributed by atoms with van der Waals surface area (Å²) in [5.74, 6) is -0.649. The molecule has 2 amide bonds. The minimum Gasteiger partial charge on any atom is -0.352 e. The number of amides is 2. The summed E-state index contributed by atoms with van der Waals surface area (Å²) in [5, 5.41) is 3.18. The van der Waals surface area contributed by atoms with Gasteiger partial charge in [-0.25, -0.2) is 8.42 Å². The van der Waals surface area contributed by atoms with Crippen LogP contribution in [0, 0.1) is 6.92 Å². The number of hydrogen-bond acceptors (Lipinski definition) is 4. The smallest absolute Gasteiger partial charge is 0.244 e. The highest BCUT2D eigenvalue weighted by molar-refractivity contribution is 7.92. The number of carbonyl (C=O) groups is 2. The van der Waals surface area contributed by atoms with Gasteiger partial charge < -0.3 is 10.2 Å². The molecule has 1 fully saturated rings. The van der Waals surface area contributed by atoms with Crippen LogP contribution in [0.15, 0.2) is 84.9 Å². The molecule has 3 aromatic rings. The van der Waals surface area contributed by atoms with Crippen molar-refractivity contribution in [3.8, 4) is 0 Å². The number of nitrogens with one attached hydrogen (secondary N) is 1. The number of nitrogens with zero attached hydrogens (tertiary/aromatic N) is 2. The van der Waals surface area contributed by atoms with Crippen LogP contribution >= 0.6 is 0 Å². The van der Waals surface area contributed by atoms with Crippen LogP contribution in [0.4, 0.5) is 5.69 Å². The molecule has 1 atom stereocenters. The Kier molecular flexibility index (Phi) is 9.41. The average Bonchev–Trinajstić information content (AvgIpc) is 3.43. The molecule has 0 bridgehead atoms. The number of hydrogen-bond donors (Lipinski definition) is 1. The molecule has 1 saturated carbocycles. The highest BCUT2D eigenvalue weighted by atomic mass is 32.2. The van der Waals surface area contributed by atoms with E-state index in [1.165, 1.54) is 0 Å². The molecule has 0 radical (unpaired) electrons. The lowest BCUT2D eigenvalue weighted by Crippen LogP contribution is -2.54. The summed E-state index contributed by atoms with van der Waals surface area (Å²) >= 11 is 0. The molecule has 4 rings (SSSR count). The predicted octanol–water partition coefficient (Wildman–Crippen LogP) is 4.46. The lowest BCUT2D eigenvalue weighted by atomic mass is 10.0. The van der Waals surface area contributed by atoms with E-state index in [0.29, 0.717) is 12.1 Å². The minimum absolute atomic E-state index is 0.0875. The summed E-state index contributed by atoms with van der Waals surface area (Å²) in [7, 11) is -3.77. The Balaban J connectivity index is 1.70. The fourth-order valence-electron chi connectivity index (χ4n) is 5.03. The molecule has 206 valence electrons. The minimum atomic E-state index is -3.77. The van der Waals surface area contributed by atoms with Crippen molar-refractivity contribution in [3.05, 3.63) is 102 Å². The SMILES string of the molecule is Cc1ccc(N(CC(=O)N(Cc2ccccc2)C(Cc2ccccc2)C(=O)NC2CCCC2)S(C)(=O)=O)cc1. The Bertz CT molecular complexity index is 1340. The summed E-state index contributed by atoms with van der Waals surface area (Å²) in [6.45, 7) is 1.69. The first-order valence-corrected chi connectivity index (χ1v) is 15.3. The van der Waals surface area contributed by atoms with Crippen molar-refractivity contribution in [2.75, 3.05) is 17.1 Å². The van der Waals surface area contributed by atoms with Gasteiger partial charge in [0.05, 0.1) is 11.9 Å². The van der Waals surface area contributed by atoms with Crippen LogP contribution in [-0.2, 0) is 32.6 Å². The van der Waals surface area contributed by atoms with Crippen molar-refractivity contribution >= 4 is 27.5 Å². The largest absolute Gasteiger partial charge is 0.352 e. The number of benzene rings is 3. The third-order valence-electron chi connectivity index (χ3n) is 7.17. The Morgan fingerprint density at radius 2 is 1.44 bits per heavy atom. The summed E-state index contributed by atoms with van der Waals surface area (Å²) in [5.41, 5.74) is 3.18. The fraction of sp³-hybridized carbons (Fsp3) is 0.355. The van der Waals surface area contributed by atoms with Crippen molar-refractivity contribution in [1.29, 1.82) is 0 Å². The molecule has 1 aliphatic carbocycles. The van der Waals surface area contributed by atoms with Gasteiger partial charge in [0.2, 0.25) is 21.8 Å². The van der Waals surface area contributed by atoms with Crippen LogP contribution in [0.5, 0.6) is 0 Å². The van der Waals surface area contributed by atoms with Gasteiger partial charge in [-0.1, -0.05) is 91.2 Å². The van der Waals surface area contributed by atoms with E-state index in [4.69, 9.17) is 0 Å². The van der Waals surface area contributed by atoms with Crippen LogP contribution < -0.4 is 9.62 Å². The Labute approximate surface area is 231 Å². The molecule has 1 aliphatic rings. The van der Waals surface area contributed by atoms with E-state index in [-0.39, 0.29) is 18.5 Å². The van der Waals surface area contributed by atoms with Gasteiger partial charge in [0.25, 0.3) is 0 Å². The van der Waals surface area contributed by atoms with Crippen molar-refractivity contribution in [1.82, 2.24) is 10.2 Å². The van der Waals surface area contributed by atoms with Gasteiger partial charge in [0.1, 0.15) is 12.6 Å². The van der Waals surface area contributed by atoms with Gasteiger partial charge in [-0.3, -0.25) is 13.9 Å². The molecular weight excluding hydrogens is 510 g/mol. The van der Waals surface area contributed by atoms with Gasteiger partial charge >= 0.3 is 0 Å². The van der Waals surface area contributed by atoms with Crippen LogP contribution in [0.3, 0.4) is 0 Å². The third-order valence-corrected chi connectivity index (χ3v) is 8.31.